The summed E-state index contributed by atoms with van der Waals surface area (Å²) in [7, 11) is 0. The van der Waals surface area contributed by atoms with Gasteiger partial charge in [0.25, 0.3) is 0 Å². The number of carboxylic acid groups (broad SMARTS) is 1. The highest BCUT2D eigenvalue weighted by Crippen LogP contribution is 1.96. The van der Waals surface area contributed by atoms with Gasteiger partial charge in [-0.3, -0.25) is 0 Å². The number of nitrogens with two attached hydrogens (primary N) is 4. The van der Waals surface area contributed by atoms with Gasteiger partial charge >= 0.3 is 5.97 Å². The maximum atomic E-state index is 10.2. The summed E-state index contributed by atoms with van der Waals surface area (Å²) in [5.74, 6) is -0.879. The van der Waals surface area contributed by atoms with E-state index in [2.05, 4.69) is 0 Å². The molecule has 6 heteroatoms. The third kappa shape index (κ3) is 10.5. The lowest BCUT2D eigenvalue weighted by Crippen LogP contribution is -2.37. The Labute approximate surface area is 130 Å². The summed E-state index contributed by atoms with van der Waals surface area (Å²) < 4.78 is 0. The molecule has 120 valence electrons. The van der Waals surface area contributed by atoms with E-state index in [0.717, 1.165) is 0 Å². The minimum atomic E-state index is -0.879. The molecule has 0 bridgehead atoms. The Hall–Kier alpha value is -2.25. The summed E-state index contributed by atoms with van der Waals surface area (Å²) >= 11 is 0. The van der Waals surface area contributed by atoms with Gasteiger partial charge in [0.05, 0.1) is 11.7 Å². The van der Waals surface area contributed by atoms with Crippen LogP contribution in [0.25, 0.3) is 0 Å². The van der Waals surface area contributed by atoms with Gasteiger partial charge in [-0.05, 0) is 17.7 Å². The van der Waals surface area contributed by atoms with Crippen LogP contribution in [0.15, 0.2) is 60.7 Å². The van der Waals surface area contributed by atoms with Gasteiger partial charge in [0.2, 0.25) is 0 Å². The van der Waals surface area contributed by atoms with Gasteiger partial charge in [0.15, 0.2) is 0 Å². The molecule has 0 spiro atoms. The lowest BCUT2D eigenvalue weighted by molar-refractivity contribution is 0.0697. The van der Waals surface area contributed by atoms with Crippen molar-refractivity contribution in [1.82, 2.24) is 0 Å². The predicted octanol–water partition coefficient (Wildman–Crippen LogP) is 0.719. The summed E-state index contributed by atoms with van der Waals surface area (Å²) in [5.41, 5.74) is 21.7. The van der Waals surface area contributed by atoms with Crippen molar-refractivity contribution in [2.45, 2.75) is 12.7 Å². The zero-order chi connectivity index (χ0) is 16.8. The smallest absolute Gasteiger partial charge is 0.335 e. The fraction of sp³-hybridized carbons (Fsp3) is 0.188. The van der Waals surface area contributed by atoms with Crippen LogP contribution >= 0.6 is 0 Å². The van der Waals surface area contributed by atoms with Gasteiger partial charge in [-0.1, -0.05) is 48.5 Å². The molecule has 0 aliphatic carbocycles. The highest BCUT2D eigenvalue weighted by Gasteiger charge is 1.96. The maximum absolute atomic E-state index is 10.2. The summed E-state index contributed by atoms with van der Waals surface area (Å²) in [5, 5.41) is 8.38. The van der Waals surface area contributed by atoms with E-state index >= 15 is 0 Å². The second-order valence-corrected chi connectivity index (χ2v) is 4.26. The molecule has 0 aliphatic heterocycles. The van der Waals surface area contributed by atoms with Crippen LogP contribution in [-0.4, -0.2) is 23.8 Å². The zero-order valence-electron chi connectivity index (χ0n) is 12.4. The number of rotatable bonds is 3. The molecule has 9 N–H and O–H groups in total. The molecule has 0 aliphatic rings. The number of carboxylic acids is 1. The SMILES string of the molecule is NCC(N)N.NCc1ccccc1.O=C(O)c1ccccc1. The lowest BCUT2D eigenvalue weighted by atomic mass is 10.2. The van der Waals surface area contributed by atoms with E-state index in [1.807, 2.05) is 30.3 Å². The number of benzene rings is 2. The molecule has 2 aromatic rings. The summed E-state index contributed by atoms with van der Waals surface area (Å²) in [4.78, 5) is 10.2. The van der Waals surface area contributed by atoms with E-state index in [9.17, 15) is 4.79 Å². The first-order chi connectivity index (χ1) is 10.5. The Kier molecular flexibility index (Phi) is 11.2. The van der Waals surface area contributed by atoms with Crippen molar-refractivity contribution < 1.29 is 9.90 Å². The van der Waals surface area contributed by atoms with Crippen molar-refractivity contribution in [2.24, 2.45) is 22.9 Å². The van der Waals surface area contributed by atoms with E-state index in [-0.39, 0.29) is 6.17 Å². The monoisotopic (exact) mass is 304 g/mol. The Balaban J connectivity index is 0.000000315. The quantitative estimate of drug-likeness (QED) is 0.529. The van der Waals surface area contributed by atoms with Crippen LogP contribution in [0, 0.1) is 0 Å². The minimum absolute atomic E-state index is 0.331. The molecule has 2 aromatic carbocycles. The van der Waals surface area contributed by atoms with Gasteiger partial charge in [-0.2, -0.15) is 0 Å². The number of carbonyl (C=O) groups is 1. The molecule has 0 unspecified atom stereocenters. The second-order valence-electron chi connectivity index (χ2n) is 4.26. The molecule has 2 rings (SSSR count). The molecule has 0 atom stereocenters. The minimum Gasteiger partial charge on any atom is -0.478 e. The Bertz CT molecular complexity index is 504. The van der Waals surface area contributed by atoms with E-state index in [1.165, 1.54) is 5.56 Å². The number of aromatic carboxylic acids is 1. The summed E-state index contributed by atoms with van der Waals surface area (Å²) in [6.07, 6.45) is -0.338. The van der Waals surface area contributed by atoms with Gasteiger partial charge < -0.3 is 28.0 Å². The molecule has 0 radical (unpaired) electrons. The summed E-state index contributed by atoms with van der Waals surface area (Å²) in [6, 6.07) is 18.3. The molecule has 0 saturated heterocycles. The molecule has 22 heavy (non-hydrogen) atoms. The van der Waals surface area contributed by atoms with Crippen LogP contribution < -0.4 is 22.9 Å². The van der Waals surface area contributed by atoms with Gasteiger partial charge in [-0.25, -0.2) is 4.79 Å². The van der Waals surface area contributed by atoms with Crippen LogP contribution in [0.4, 0.5) is 0 Å². The lowest BCUT2D eigenvalue weighted by Gasteiger charge is -1.93. The molecule has 0 saturated carbocycles. The van der Waals surface area contributed by atoms with Crippen LogP contribution in [0.2, 0.25) is 0 Å². The van der Waals surface area contributed by atoms with Crippen molar-refractivity contribution in [3.63, 3.8) is 0 Å². The Morgan fingerprint density at radius 2 is 1.32 bits per heavy atom. The van der Waals surface area contributed by atoms with Gasteiger partial charge in [0.1, 0.15) is 0 Å². The molecule has 0 amide bonds. The second kappa shape index (κ2) is 12.5. The molecule has 0 fully saturated rings. The fourth-order valence-electron chi connectivity index (χ4n) is 1.19. The van der Waals surface area contributed by atoms with Crippen LogP contribution in [0.3, 0.4) is 0 Å². The predicted molar refractivity (Wildman–Crippen MR) is 89.0 cm³/mol. The zero-order valence-corrected chi connectivity index (χ0v) is 12.4. The number of hydrogen-bond acceptors (Lipinski definition) is 5. The number of hydrogen-bond donors (Lipinski definition) is 5. The third-order valence-electron chi connectivity index (χ3n) is 2.37. The van der Waals surface area contributed by atoms with E-state index < -0.39 is 5.97 Å². The molecule has 0 heterocycles. The van der Waals surface area contributed by atoms with E-state index in [0.29, 0.717) is 18.7 Å². The van der Waals surface area contributed by atoms with Crippen molar-refractivity contribution in [2.75, 3.05) is 6.54 Å². The van der Waals surface area contributed by atoms with Crippen LogP contribution in [-0.2, 0) is 6.54 Å². The fourth-order valence-corrected chi connectivity index (χ4v) is 1.19. The van der Waals surface area contributed by atoms with Crippen LogP contribution in [0.1, 0.15) is 15.9 Å². The largest absolute Gasteiger partial charge is 0.478 e. The van der Waals surface area contributed by atoms with Crippen molar-refractivity contribution in [1.29, 1.82) is 0 Å². The average Bonchev–Trinajstić information content (AvgIpc) is 2.57. The highest BCUT2D eigenvalue weighted by atomic mass is 16.4. The average molecular weight is 304 g/mol. The highest BCUT2D eigenvalue weighted by molar-refractivity contribution is 5.87. The molecular weight excluding hydrogens is 280 g/mol. The third-order valence-corrected chi connectivity index (χ3v) is 2.37. The van der Waals surface area contributed by atoms with E-state index in [4.69, 9.17) is 28.0 Å². The first-order valence-corrected chi connectivity index (χ1v) is 6.74. The summed E-state index contributed by atoms with van der Waals surface area (Å²) in [6.45, 7) is 1.00. The van der Waals surface area contributed by atoms with E-state index in [1.54, 1.807) is 30.3 Å². The molecular formula is C16H24N4O2. The molecule has 6 nitrogen and oxygen atoms in total. The van der Waals surface area contributed by atoms with Crippen molar-refractivity contribution >= 4 is 5.97 Å². The Morgan fingerprint density at radius 3 is 1.55 bits per heavy atom. The first-order valence-electron chi connectivity index (χ1n) is 6.74. The van der Waals surface area contributed by atoms with Crippen LogP contribution in [0.5, 0.6) is 0 Å². The topological polar surface area (TPSA) is 141 Å². The molecule has 0 aromatic heterocycles. The van der Waals surface area contributed by atoms with Gasteiger partial charge in [-0.15, -0.1) is 0 Å². The Morgan fingerprint density at radius 1 is 0.909 bits per heavy atom. The van der Waals surface area contributed by atoms with Crippen molar-refractivity contribution in [3.05, 3.63) is 71.8 Å². The van der Waals surface area contributed by atoms with Gasteiger partial charge in [0, 0.05) is 13.1 Å². The maximum Gasteiger partial charge on any atom is 0.335 e. The van der Waals surface area contributed by atoms with Crippen molar-refractivity contribution in [3.8, 4) is 0 Å². The first kappa shape index (κ1) is 19.8. The normalized spacial score (nSPS) is 9.14. The standard InChI is InChI=1S/C7H9N.C7H6O2.C2H9N3/c8-6-7-4-2-1-3-5-7;8-7(9)6-4-2-1-3-5-6;3-1-2(4)5/h1-5H,6,8H2;1-5H,(H,8,9);2H,1,3-5H2.